The molecule has 0 aliphatic rings. The third-order valence-electron chi connectivity index (χ3n) is 2.61. The summed E-state index contributed by atoms with van der Waals surface area (Å²) in [5.74, 6) is 1.45. The Morgan fingerprint density at radius 2 is 2.06 bits per heavy atom. The molecule has 1 rings (SSSR count). The number of hydrogen-bond donors (Lipinski definition) is 0. The highest BCUT2D eigenvalue weighted by Gasteiger charge is 2.08. The van der Waals surface area contributed by atoms with Crippen LogP contribution in [0.2, 0.25) is 0 Å². The molecule has 0 aliphatic carbocycles. The predicted octanol–water partition coefficient (Wildman–Crippen LogP) is 2.09. The zero-order chi connectivity index (χ0) is 13.4. The number of methoxy groups -OCH3 is 2. The van der Waals surface area contributed by atoms with Gasteiger partial charge in [0.1, 0.15) is 5.75 Å². The van der Waals surface area contributed by atoms with Crippen LogP contribution in [-0.4, -0.2) is 49.7 Å². The Morgan fingerprint density at radius 1 is 1.28 bits per heavy atom. The second kappa shape index (κ2) is 8.29. The minimum absolute atomic E-state index is 0.604. The van der Waals surface area contributed by atoms with E-state index in [0.717, 1.165) is 36.8 Å². The molecule has 4 nitrogen and oxygen atoms in total. The Balaban J connectivity index is 2.69. The number of aromatic nitrogens is 1. The van der Waals surface area contributed by atoms with E-state index in [1.54, 1.807) is 14.2 Å². The summed E-state index contributed by atoms with van der Waals surface area (Å²) in [6.07, 6.45) is 0. The molecule has 0 saturated heterocycles. The lowest BCUT2D eigenvalue weighted by atomic mass is 10.2. The van der Waals surface area contributed by atoms with E-state index in [9.17, 15) is 0 Å². The van der Waals surface area contributed by atoms with Crippen molar-refractivity contribution < 1.29 is 9.47 Å². The Hall–Kier alpha value is -0.840. The molecule has 1 aromatic rings. The van der Waals surface area contributed by atoms with Crippen LogP contribution >= 0.6 is 11.6 Å². The number of hydrogen-bond acceptors (Lipinski definition) is 4. The van der Waals surface area contributed by atoms with Crippen LogP contribution in [-0.2, 0) is 11.3 Å². The van der Waals surface area contributed by atoms with Gasteiger partial charge in [-0.2, -0.15) is 0 Å². The second-order valence-electron chi connectivity index (χ2n) is 4.10. The Morgan fingerprint density at radius 3 is 2.67 bits per heavy atom. The number of ether oxygens (including phenoxy) is 2. The van der Waals surface area contributed by atoms with Crippen LogP contribution in [0.5, 0.6) is 5.75 Å². The molecule has 1 heterocycles. The number of alkyl halides is 1. The van der Waals surface area contributed by atoms with E-state index in [1.165, 1.54) is 0 Å². The summed E-state index contributed by atoms with van der Waals surface area (Å²) in [5.41, 5.74) is 1.95. The lowest BCUT2D eigenvalue weighted by molar-refractivity contribution is 0.147. The number of rotatable bonds is 8. The van der Waals surface area contributed by atoms with Crippen molar-refractivity contribution in [3.63, 3.8) is 0 Å². The largest absolute Gasteiger partial charge is 0.497 e. The molecule has 5 heteroatoms. The zero-order valence-corrected chi connectivity index (χ0v) is 12.0. The smallest absolute Gasteiger partial charge is 0.122 e. The normalized spacial score (nSPS) is 10.9. The quantitative estimate of drug-likeness (QED) is 0.679. The Labute approximate surface area is 114 Å². The molecule has 0 spiro atoms. The van der Waals surface area contributed by atoms with Crippen molar-refractivity contribution in [1.29, 1.82) is 0 Å². The van der Waals surface area contributed by atoms with Gasteiger partial charge >= 0.3 is 0 Å². The van der Waals surface area contributed by atoms with Crippen molar-refractivity contribution in [1.82, 2.24) is 9.88 Å². The van der Waals surface area contributed by atoms with Crippen LogP contribution in [0.15, 0.2) is 12.1 Å². The molecule has 0 amide bonds. The molecule has 0 fully saturated rings. The molecule has 0 radical (unpaired) electrons. The second-order valence-corrected chi connectivity index (χ2v) is 4.48. The molecular formula is C13H21ClN2O2. The Kier molecular flexibility index (Phi) is 7.01. The monoisotopic (exact) mass is 272 g/mol. The maximum absolute atomic E-state index is 5.80. The molecule has 0 aliphatic heterocycles. The predicted molar refractivity (Wildman–Crippen MR) is 73.4 cm³/mol. The number of pyridine rings is 1. The van der Waals surface area contributed by atoms with Gasteiger partial charge in [-0.05, 0) is 6.92 Å². The topological polar surface area (TPSA) is 34.6 Å². The van der Waals surface area contributed by atoms with E-state index in [0.29, 0.717) is 12.5 Å². The van der Waals surface area contributed by atoms with Gasteiger partial charge in [0.25, 0.3) is 0 Å². The van der Waals surface area contributed by atoms with Gasteiger partial charge in [0.05, 0.1) is 19.4 Å². The van der Waals surface area contributed by atoms with E-state index in [-0.39, 0.29) is 0 Å². The van der Waals surface area contributed by atoms with Crippen molar-refractivity contribution in [2.75, 3.05) is 39.8 Å². The lowest BCUT2D eigenvalue weighted by Gasteiger charge is -2.20. The van der Waals surface area contributed by atoms with Crippen molar-refractivity contribution in [3.05, 3.63) is 23.5 Å². The van der Waals surface area contributed by atoms with Gasteiger partial charge in [0.2, 0.25) is 0 Å². The van der Waals surface area contributed by atoms with Gasteiger partial charge < -0.3 is 9.47 Å². The molecule has 0 aromatic carbocycles. The van der Waals surface area contributed by atoms with Gasteiger partial charge in [-0.1, -0.05) is 0 Å². The van der Waals surface area contributed by atoms with Crippen LogP contribution in [0.3, 0.4) is 0 Å². The summed E-state index contributed by atoms with van der Waals surface area (Å²) in [7, 11) is 3.37. The summed E-state index contributed by atoms with van der Waals surface area (Å²) in [4.78, 5) is 6.73. The first-order valence-corrected chi connectivity index (χ1v) is 6.52. The summed E-state index contributed by atoms with van der Waals surface area (Å²) in [6, 6.07) is 3.88. The lowest BCUT2D eigenvalue weighted by Crippen LogP contribution is -2.29. The fourth-order valence-electron chi connectivity index (χ4n) is 1.74. The first-order valence-electron chi connectivity index (χ1n) is 5.98. The minimum Gasteiger partial charge on any atom is -0.497 e. The number of halogens is 1. The molecule has 18 heavy (non-hydrogen) atoms. The van der Waals surface area contributed by atoms with Crippen LogP contribution in [0.1, 0.15) is 11.4 Å². The first kappa shape index (κ1) is 15.2. The molecule has 0 N–H and O–H groups in total. The maximum Gasteiger partial charge on any atom is 0.122 e. The third kappa shape index (κ3) is 5.21. The van der Waals surface area contributed by atoms with E-state index >= 15 is 0 Å². The summed E-state index contributed by atoms with van der Waals surface area (Å²) in [6.45, 7) is 5.09. The van der Waals surface area contributed by atoms with Crippen LogP contribution in [0.25, 0.3) is 0 Å². The van der Waals surface area contributed by atoms with Crippen molar-refractivity contribution in [3.8, 4) is 5.75 Å². The molecule has 102 valence electrons. The molecule has 0 bridgehead atoms. The number of nitrogens with zero attached hydrogens (tertiary/aromatic N) is 2. The van der Waals surface area contributed by atoms with Gasteiger partial charge in [-0.3, -0.25) is 9.88 Å². The molecule has 0 saturated carbocycles. The van der Waals surface area contributed by atoms with Crippen LogP contribution in [0, 0.1) is 6.92 Å². The SMILES string of the molecule is COCCN(CCCl)Cc1cc(OC)cc(C)n1. The van der Waals surface area contributed by atoms with Crippen LogP contribution < -0.4 is 4.74 Å². The van der Waals surface area contributed by atoms with Gasteiger partial charge in [0, 0.05) is 50.5 Å². The summed E-state index contributed by atoms with van der Waals surface area (Å²) < 4.78 is 10.3. The first-order chi connectivity index (χ1) is 8.69. The van der Waals surface area contributed by atoms with Gasteiger partial charge in [0.15, 0.2) is 0 Å². The minimum atomic E-state index is 0.604. The van der Waals surface area contributed by atoms with Crippen molar-refractivity contribution in [2.45, 2.75) is 13.5 Å². The third-order valence-corrected chi connectivity index (χ3v) is 2.78. The average Bonchev–Trinajstić information content (AvgIpc) is 2.35. The molecule has 0 unspecified atom stereocenters. The zero-order valence-electron chi connectivity index (χ0n) is 11.3. The maximum atomic E-state index is 5.80. The molecule has 0 atom stereocenters. The van der Waals surface area contributed by atoms with E-state index in [2.05, 4.69) is 9.88 Å². The molecular weight excluding hydrogens is 252 g/mol. The number of aryl methyl sites for hydroxylation is 1. The fourth-order valence-corrected chi connectivity index (χ4v) is 1.98. The Bertz CT molecular complexity index is 361. The van der Waals surface area contributed by atoms with Gasteiger partial charge in [-0.15, -0.1) is 11.6 Å². The van der Waals surface area contributed by atoms with Crippen molar-refractivity contribution >= 4 is 11.6 Å². The highest BCUT2D eigenvalue weighted by Crippen LogP contribution is 2.14. The van der Waals surface area contributed by atoms with Gasteiger partial charge in [-0.25, -0.2) is 0 Å². The fraction of sp³-hybridized carbons (Fsp3) is 0.615. The van der Waals surface area contributed by atoms with E-state index in [1.807, 2.05) is 19.1 Å². The van der Waals surface area contributed by atoms with E-state index in [4.69, 9.17) is 21.1 Å². The van der Waals surface area contributed by atoms with Crippen LogP contribution in [0.4, 0.5) is 0 Å². The summed E-state index contributed by atoms with van der Waals surface area (Å²) >= 11 is 5.80. The highest BCUT2D eigenvalue weighted by atomic mass is 35.5. The average molecular weight is 273 g/mol. The standard InChI is InChI=1S/C13H21ClN2O2/c1-11-8-13(18-3)9-12(15-11)10-16(5-4-14)6-7-17-2/h8-9H,4-7,10H2,1-3H3. The highest BCUT2D eigenvalue weighted by molar-refractivity contribution is 6.18. The summed E-state index contributed by atoms with van der Waals surface area (Å²) in [5, 5.41) is 0. The van der Waals surface area contributed by atoms with Crippen molar-refractivity contribution in [2.24, 2.45) is 0 Å². The molecule has 1 aromatic heterocycles. The van der Waals surface area contributed by atoms with E-state index < -0.39 is 0 Å².